The van der Waals surface area contributed by atoms with E-state index in [1.165, 1.54) is 5.56 Å². The van der Waals surface area contributed by atoms with Gasteiger partial charge in [0.1, 0.15) is 5.60 Å². The van der Waals surface area contributed by atoms with Crippen molar-refractivity contribution in [3.8, 4) is 0 Å². The molecule has 2 atom stereocenters. The summed E-state index contributed by atoms with van der Waals surface area (Å²) < 4.78 is 6.09. The summed E-state index contributed by atoms with van der Waals surface area (Å²) in [7, 11) is 0. The van der Waals surface area contributed by atoms with Gasteiger partial charge in [-0.15, -0.1) is 6.58 Å². The standard InChI is InChI=1S/C18H21NO3/c1-3-7-12-11-22-18(4-2,10-15(20)21)17-16(12)13-8-5-6-9-14(13)19-17/h3,5-6,8-9,12,19H,1,4,7,10-11H2,2H3,(H,20,21)/t12-,18?/m0/s1. The lowest BCUT2D eigenvalue weighted by molar-refractivity contribution is -0.149. The van der Waals surface area contributed by atoms with Crippen LogP contribution in [0.5, 0.6) is 0 Å². The van der Waals surface area contributed by atoms with Crippen molar-refractivity contribution in [2.75, 3.05) is 6.61 Å². The van der Waals surface area contributed by atoms with E-state index in [0.717, 1.165) is 23.0 Å². The highest BCUT2D eigenvalue weighted by atomic mass is 16.5. The van der Waals surface area contributed by atoms with Crippen molar-refractivity contribution in [1.82, 2.24) is 4.98 Å². The summed E-state index contributed by atoms with van der Waals surface area (Å²) in [6, 6.07) is 8.12. The van der Waals surface area contributed by atoms with Gasteiger partial charge in [-0.3, -0.25) is 4.79 Å². The third-order valence-electron chi connectivity index (χ3n) is 4.63. The molecule has 2 aromatic rings. The number of allylic oxidation sites excluding steroid dienone is 1. The average Bonchev–Trinajstić information content (AvgIpc) is 2.90. The Morgan fingerprint density at radius 1 is 1.55 bits per heavy atom. The molecular formula is C18H21NO3. The van der Waals surface area contributed by atoms with Gasteiger partial charge in [-0.2, -0.15) is 0 Å². The molecule has 0 saturated carbocycles. The topological polar surface area (TPSA) is 62.3 Å². The Bertz CT molecular complexity index is 718. The van der Waals surface area contributed by atoms with E-state index in [1.54, 1.807) is 0 Å². The van der Waals surface area contributed by atoms with Crippen molar-refractivity contribution >= 4 is 16.9 Å². The highest BCUT2D eigenvalue weighted by Gasteiger charge is 2.43. The van der Waals surface area contributed by atoms with Crippen LogP contribution in [0.25, 0.3) is 10.9 Å². The lowest BCUT2D eigenvalue weighted by atomic mass is 9.81. The van der Waals surface area contributed by atoms with Crippen molar-refractivity contribution in [2.24, 2.45) is 0 Å². The normalized spacial score (nSPS) is 24.1. The average molecular weight is 299 g/mol. The number of aliphatic carboxylic acids is 1. The number of aromatic amines is 1. The van der Waals surface area contributed by atoms with Crippen LogP contribution in [0.2, 0.25) is 0 Å². The molecule has 1 unspecified atom stereocenters. The predicted octanol–water partition coefficient (Wildman–Crippen LogP) is 3.94. The second-order valence-electron chi connectivity index (χ2n) is 5.91. The van der Waals surface area contributed by atoms with Gasteiger partial charge in [-0.1, -0.05) is 31.2 Å². The van der Waals surface area contributed by atoms with Crippen LogP contribution in [0.15, 0.2) is 36.9 Å². The number of carbonyl (C=O) groups is 1. The summed E-state index contributed by atoms with van der Waals surface area (Å²) in [5, 5.41) is 10.5. The van der Waals surface area contributed by atoms with Crippen LogP contribution in [0.1, 0.15) is 43.4 Å². The number of rotatable bonds is 5. The number of ether oxygens (including phenoxy) is 1. The minimum Gasteiger partial charge on any atom is -0.481 e. The van der Waals surface area contributed by atoms with E-state index in [1.807, 2.05) is 31.2 Å². The molecular weight excluding hydrogens is 278 g/mol. The van der Waals surface area contributed by atoms with E-state index >= 15 is 0 Å². The van der Waals surface area contributed by atoms with Gasteiger partial charge >= 0.3 is 5.97 Å². The maximum Gasteiger partial charge on any atom is 0.306 e. The molecule has 0 saturated heterocycles. The SMILES string of the molecule is C=CC[C@H]1COC(CC)(CC(=O)O)c2[nH]c3ccccc3c21. The quantitative estimate of drug-likeness (QED) is 0.822. The first kappa shape index (κ1) is 14.9. The number of carboxylic acids is 1. The number of fused-ring (bicyclic) bond motifs is 3. The Hall–Kier alpha value is -2.07. The van der Waals surface area contributed by atoms with Crippen LogP contribution < -0.4 is 0 Å². The lowest BCUT2D eigenvalue weighted by Crippen LogP contribution is -2.38. The van der Waals surface area contributed by atoms with E-state index < -0.39 is 11.6 Å². The molecule has 2 heterocycles. The van der Waals surface area contributed by atoms with Crippen LogP contribution in [0, 0.1) is 0 Å². The Balaban J connectivity index is 2.22. The van der Waals surface area contributed by atoms with Crippen molar-refractivity contribution in [2.45, 2.75) is 37.7 Å². The van der Waals surface area contributed by atoms with Crippen molar-refractivity contribution in [1.29, 1.82) is 0 Å². The highest BCUT2D eigenvalue weighted by molar-refractivity contribution is 5.86. The van der Waals surface area contributed by atoms with Gasteiger partial charge < -0.3 is 14.8 Å². The van der Waals surface area contributed by atoms with Gasteiger partial charge in [0.2, 0.25) is 0 Å². The molecule has 0 bridgehead atoms. The minimum atomic E-state index is -0.839. The number of hydrogen-bond acceptors (Lipinski definition) is 2. The zero-order valence-corrected chi connectivity index (χ0v) is 12.8. The van der Waals surface area contributed by atoms with Crippen LogP contribution >= 0.6 is 0 Å². The van der Waals surface area contributed by atoms with E-state index in [2.05, 4.69) is 17.6 Å². The van der Waals surface area contributed by atoms with Crippen LogP contribution in [-0.2, 0) is 15.1 Å². The van der Waals surface area contributed by atoms with Gasteiger partial charge in [0.05, 0.1) is 18.7 Å². The van der Waals surface area contributed by atoms with Gasteiger partial charge in [0.15, 0.2) is 0 Å². The number of benzene rings is 1. The molecule has 0 spiro atoms. The maximum absolute atomic E-state index is 11.4. The van der Waals surface area contributed by atoms with Gasteiger partial charge in [-0.25, -0.2) is 0 Å². The second kappa shape index (κ2) is 5.61. The fourth-order valence-electron chi connectivity index (χ4n) is 3.54. The van der Waals surface area contributed by atoms with Gasteiger partial charge in [0.25, 0.3) is 0 Å². The summed E-state index contributed by atoms with van der Waals surface area (Å²) in [5.41, 5.74) is 2.40. The predicted molar refractivity (Wildman–Crippen MR) is 86.0 cm³/mol. The Labute approximate surface area is 129 Å². The van der Waals surface area contributed by atoms with Gasteiger partial charge in [0, 0.05) is 16.8 Å². The Morgan fingerprint density at radius 3 is 3.00 bits per heavy atom. The number of nitrogens with one attached hydrogen (secondary N) is 1. The maximum atomic E-state index is 11.4. The number of carboxylic acid groups (broad SMARTS) is 1. The van der Waals surface area contributed by atoms with Crippen molar-refractivity contribution in [3.63, 3.8) is 0 Å². The van der Waals surface area contributed by atoms with E-state index in [9.17, 15) is 9.90 Å². The summed E-state index contributed by atoms with van der Waals surface area (Å²) in [6.45, 7) is 6.35. The lowest BCUT2D eigenvalue weighted by Gasteiger charge is -2.39. The minimum absolute atomic E-state index is 0.0237. The summed E-state index contributed by atoms with van der Waals surface area (Å²) in [4.78, 5) is 14.8. The number of aromatic nitrogens is 1. The molecule has 0 radical (unpaired) electrons. The zero-order chi connectivity index (χ0) is 15.7. The summed E-state index contributed by atoms with van der Waals surface area (Å²) in [5.74, 6) is -0.620. The first-order valence-corrected chi connectivity index (χ1v) is 7.69. The molecule has 4 nitrogen and oxygen atoms in total. The summed E-state index contributed by atoms with van der Waals surface area (Å²) >= 11 is 0. The third-order valence-corrected chi connectivity index (χ3v) is 4.63. The first-order valence-electron chi connectivity index (χ1n) is 7.69. The highest BCUT2D eigenvalue weighted by Crippen LogP contribution is 2.46. The largest absolute Gasteiger partial charge is 0.481 e. The molecule has 1 aromatic carbocycles. The zero-order valence-electron chi connectivity index (χ0n) is 12.8. The molecule has 1 aliphatic rings. The van der Waals surface area contributed by atoms with Crippen LogP contribution in [-0.4, -0.2) is 22.7 Å². The molecule has 3 rings (SSSR count). The smallest absolute Gasteiger partial charge is 0.306 e. The van der Waals surface area contributed by atoms with Gasteiger partial charge in [-0.05, 0) is 24.5 Å². The molecule has 0 amide bonds. The second-order valence-corrected chi connectivity index (χ2v) is 5.91. The first-order chi connectivity index (χ1) is 10.6. The van der Waals surface area contributed by atoms with Crippen LogP contribution in [0.4, 0.5) is 0 Å². The summed E-state index contributed by atoms with van der Waals surface area (Å²) in [6.07, 6.45) is 3.32. The fraction of sp³-hybridized carbons (Fsp3) is 0.389. The molecule has 0 fully saturated rings. The molecule has 0 aliphatic carbocycles. The molecule has 2 N–H and O–H groups in total. The Kier molecular flexibility index (Phi) is 3.79. The molecule has 4 heteroatoms. The number of para-hydroxylation sites is 1. The molecule has 22 heavy (non-hydrogen) atoms. The monoisotopic (exact) mass is 299 g/mol. The van der Waals surface area contributed by atoms with E-state index in [0.29, 0.717) is 13.0 Å². The van der Waals surface area contributed by atoms with E-state index in [4.69, 9.17) is 4.74 Å². The molecule has 116 valence electrons. The number of H-pyrrole nitrogens is 1. The molecule has 1 aliphatic heterocycles. The van der Waals surface area contributed by atoms with Crippen molar-refractivity contribution < 1.29 is 14.6 Å². The third kappa shape index (κ3) is 2.24. The fourth-order valence-corrected chi connectivity index (χ4v) is 3.54. The van der Waals surface area contributed by atoms with Crippen LogP contribution in [0.3, 0.4) is 0 Å². The Morgan fingerprint density at radius 2 is 2.32 bits per heavy atom. The number of hydrogen-bond donors (Lipinski definition) is 2. The van der Waals surface area contributed by atoms with Crippen molar-refractivity contribution in [3.05, 3.63) is 48.2 Å². The van der Waals surface area contributed by atoms with E-state index in [-0.39, 0.29) is 12.3 Å². The molecule has 1 aromatic heterocycles.